The molecule has 0 aliphatic heterocycles. The first kappa shape index (κ1) is 37.9. The third-order valence-electron chi connectivity index (χ3n) is 12.9. The summed E-state index contributed by atoms with van der Waals surface area (Å²) in [6, 6.07) is 62.2. The molecule has 0 bridgehead atoms. The van der Waals surface area contributed by atoms with Crippen LogP contribution < -0.4 is 4.90 Å². The Balaban J connectivity index is 1.15. The molecule has 8 aromatic carbocycles. The van der Waals surface area contributed by atoms with Gasteiger partial charge in [-0.25, -0.2) is 0 Å². The highest BCUT2D eigenvalue weighted by Gasteiger charge is 2.24. The lowest BCUT2D eigenvalue weighted by Gasteiger charge is -2.27. The van der Waals surface area contributed by atoms with Crippen LogP contribution in [0.3, 0.4) is 0 Å². The fourth-order valence-electron chi connectivity index (χ4n) is 9.68. The number of hydrogen-bond donors (Lipinski definition) is 0. The van der Waals surface area contributed by atoms with Crippen molar-refractivity contribution >= 4 is 65.9 Å². The largest absolute Gasteiger partial charge is 0.310 e. The number of hydrogen-bond acceptors (Lipinski definition) is 1. The summed E-state index contributed by atoms with van der Waals surface area (Å²) in [5, 5.41) is 7.76. The van der Waals surface area contributed by atoms with Crippen molar-refractivity contribution in [1.29, 1.82) is 0 Å². The first-order valence-corrected chi connectivity index (χ1v) is 21.6. The molecule has 0 aliphatic rings. The van der Waals surface area contributed by atoms with Crippen LogP contribution in [0.15, 0.2) is 164 Å². The number of aryl methyl sites for hydroxylation is 2. The van der Waals surface area contributed by atoms with Crippen LogP contribution in [-0.2, 0) is 17.3 Å². The second kappa shape index (κ2) is 14.1. The van der Waals surface area contributed by atoms with Gasteiger partial charge in [0.2, 0.25) is 0 Å². The summed E-state index contributed by atoms with van der Waals surface area (Å²) in [6.45, 7) is 18.1. The SMILES string of the molecule is Cc1cccc(C(Cc2ccc3c4cc5ccc(N(c6ccc(C(C)(C)C)cc6)c6cccc(C)c6)cc5c5c6ccccc6n(c3c2)c45)c2ccc(C(C)(C)C)cc2)c1. The number of aromatic nitrogens is 1. The molecule has 0 amide bonds. The zero-order chi connectivity index (χ0) is 41.5. The Bertz CT molecular complexity index is 3200. The van der Waals surface area contributed by atoms with Gasteiger partial charge in [-0.1, -0.05) is 156 Å². The van der Waals surface area contributed by atoms with E-state index < -0.39 is 0 Å². The molecule has 0 fully saturated rings. The Morgan fingerprint density at radius 1 is 0.467 bits per heavy atom. The zero-order valence-corrected chi connectivity index (χ0v) is 36.3. The molecule has 2 heterocycles. The minimum absolute atomic E-state index is 0.0822. The van der Waals surface area contributed by atoms with Crippen molar-refractivity contribution < 1.29 is 0 Å². The van der Waals surface area contributed by atoms with Gasteiger partial charge in [0.15, 0.2) is 0 Å². The van der Waals surface area contributed by atoms with Crippen LogP contribution in [0, 0.1) is 13.8 Å². The molecule has 2 aromatic heterocycles. The number of anilines is 3. The van der Waals surface area contributed by atoms with E-state index in [4.69, 9.17) is 0 Å². The minimum atomic E-state index is 0.0822. The lowest BCUT2D eigenvalue weighted by atomic mass is 9.82. The first-order valence-electron chi connectivity index (χ1n) is 21.6. The molecule has 0 spiro atoms. The van der Waals surface area contributed by atoms with Gasteiger partial charge >= 0.3 is 0 Å². The second-order valence-electron chi connectivity index (χ2n) is 19.3. The second-order valence-corrected chi connectivity index (χ2v) is 19.3. The summed E-state index contributed by atoms with van der Waals surface area (Å²) in [5.74, 6) is 0.240. The van der Waals surface area contributed by atoms with E-state index in [9.17, 15) is 0 Å². The molecule has 0 aliphatic carbocycles. The quantitative estimate of drug-likeness (QED) is 0.156. The topological polar surface area (TPSA) is 7.65 Å². The number of benzene rings is 8. The van der Waals surface area contributed by atoms with Gasteiger partial charge in [0, 0.05) is 44.5 Å². The molecule has 296 valence electrons. The average molecular weight is 779 g/mol. The van der Waals surface area contributed by atoms with Gasteiger partial charge in [0.05, 0.1) is 16.6 Å². The van der Waals surface area contributed by atoms with E-state index in [1.165, 1.54) is 87.8 Å². The van der Waals surface area contributed by atoms with Crippen LogP contribution in [-0.4, -0.2) is 4.40 Å². The van der Waals surface area contributed by atoms with E-state index in [0.29, 0.717) is 0 Å². The van der Waals surface area contributed by atoms with Gasteiger partial charge in [-0.15, -0.1) is 0 Å². The number of rotatable bonds is 7. The number of fused-ring (bicyclic) bond motifs is 8. The van der Waals surface area contributed by atoms with Crippen molar-refractivity contribution in [2.24, 2.45) is 0 Å². The molecule has 1 unspecified atom stereocenters. The number of nitrogens with zero attached hydrogens (tertiary/aromatic N) is 2. The molecular formula is C58H54N2. The highest BCUT2D eigenvalue weighted by molar-refractivity contribution is 6.31. The van der Waals surface area contributed by atoms with Crippen LogP contribution in [0.5, 0.6) is 0 Å². The summed E-state index contributed by atoms with van der Waals surface area (Å²) in [7, 11) is 0. The maximum absolute atomic E-state index is 2.55. The van der Waals surface area contributed by atoms with E-state index in [1.807, 2.05) is 0 Å². The minimum Gasteiger partial charge on any atom is -0.310 e. The highest BCUT2D eigenvalue weighted by Crippen LogP contribution is 2.46. The van der Waals surface area contributed by atoms with E-state index in [2.05, 4.69) is 228 Å². The molecule has 60 heavy (non-hydrogen) atoms. The highest BCUT2D eigenvalue weighted by atomic mass is 15.1. The molecule has 2 heteroatoms. The lowest BCUT2D eigenvalue weighted by molar-refractivity contribution is 0.589. The Kier molecular flexibility index (Phi) is 8.92. The van der Waals surface area contributed by atoms with Crippen LogP contribution in [0.2, 0.25) is 0 Å². The fourth-order valence-corrected chi connectivity index (χ4v) is 9.68. The Labute approximate surface area is 355 Å². The van der Waals surface area contributed by atoms with Gasteiger partial charge in [-0.05, 0) is 130 Å². The molecule has 10 aromatic rings. The number of para-hydroxylation sites is 1. The molecule has 0 saturated carbocycles. The molecule has 0 saturated heterocycles. The molecule has 0 N–H and O–H groups in total. The Morgan fingerprint density at radius 3 is 1.82 bits per heavy atom. The predicted molar refractivity (Wildman–Crippen MR) is 259 cm³/mol. The Hall–Kier alpha value is -6.38. The standard InChI is InChI=1S/C58H54N2/c1-37-13-11-15-41(31-37)50(40-20-23-43(24-21-40)57(3,4)5)33-39-19-30-48-52-35-42-22-27-47(36-51(42)55-49-17-9-10-18-53(49)60(56(52)55)54(48)34-39)59(46-16-12-14-38(2)32-46)45-28-25-44(26-29-45)58(6,7)8/h9-32,34-36,50H,33H2,1-8H3. The molecule has 10 rings (SSSR count). The fraction of sp³-hybridized carbons (Fsp3) is 0.207. The molecule has 1 atom stereocenters. The van der Waals surface area contributed by atoms with Crippen molar-refractivity contribution in [3.8, 4) is 0 Å². The summed E-state index contributed by atoms with van der Waals surface area (Å²) in [6.07, 6.45) is 0.918. The lowest BCUT2D eigenvalue weighted by Crippen LogP contribution is -2.13. The van der Waals surface area contributed by atoms with Crippen LogP contribution in [0.25, 0.3) is 48.9 Å². The third kappa shape index (κ3) is 6.50. The van der Waals surface area contributed by atoms with Gasteiger partial charge in [-0.3, -0.25) is 0 Å². The molecule has 0 radical (unpaired) electrons. The maximum atomic E-state index is 2.55. The van der Waals surface area contributed by atoms with E-state index in [-0.39, 0.29) is 16.7 Å². The molecular weight excluding hydrogens is 725 g/mol. The van der Waals surface area contributed by atoms with Crippen LogP contribution in [0.4, 0.5) is 17.1 Å². The van der Waals surface area contributed by atoms with Crippen molar-refractivity contribution in [2.75, 3.05) is 4.90 Å². The van der Waals surface area contributed by atoms with Crippen molar-refractivity contribution in [1.82, 2.24) is 4.40 Å². The van der Waals surface area contributed by atoms with E-state index in [0.717, 1.165) is 23.5 Å². The third-order valence-corrected chi connectivity index (χ3v) is 12.9. The van der Waals surface area contributed by atoms with Gasteiger partial charge < -0.3 is 9.30 Å². The van der Waals surface area contributed by atoms with Gasteiger partial charge in [-0.2, -0.15) is 0 Å². The van der Waals surface area contributed by atoms with Gasteiger partial charge in [0.1, 0.15) is 0 Å². The molecule has 2 nitrogen and oxygen atoms in total. The van der Waals surface area contributed by atoms with Crippen molar-refractivity contribution in [2.45, 2.75) is 78.6 Å². The van der Waals surface area contributed by atoms with Gasteiger partial charge in [0.25, 0.3) is 0 Å². The predicted octanol–water partition coefficient (Wildman–Crippen LogP) is 16.0. The smallest absolute Gasteiger partial charge is 0.0626 e. The zero-order valence-electron chi connectivity index (χ0n) is 36.3. The summed E-state index contributed by atoms with van der Waals surface area (Å²) in [5.41, 5.74) is 16.8. The van der Waals surface area contributed by atoms with E-state index in [1.54, 1.807) is 0 Å². The van der Waals surface area contributed by atoms with Crippen LogP contribution in [0.1, 0.15) is 86.4 Å². The van der Waals surface area contributed by atoms with Crippen molar-refractivity contribution in [3.05, 3.63) is 203 Å². The first-order chi connectivity index (χ1) is 28.8. The normalized spacial score (nSPS) is 13.0. The summed E-state index contributed by atoms with van der Waals surface area (Å²) < 4.78 is 2.55. The summed E-state index contributed by atoms with van der Waals surface area (Å²) >= 11 is 0. The van der Waals surface area contributed by atoms with Crippen LogP contribution >= 0.6 is 0 Å². The Morgan fingerprint density at radius 2 is 1.12 bits per heavy atom. The average Bonchev–Trinajstić information content (AvgIpc) is 3.74. The summed E-state index contributed by atoms with van der Waals surface area (Å²) in [4.78, 5) is 2.42. The monoisotopic (exact) mass is 778 g/mol. The van der Waals surface area contributed by atoms with Crippen molar-refractivity contribution in [3.63, 3.8) is 0 Å². The maximum Gasteiger partial charge on any atom is 0.0626 e. The van der Waals surface area contributed by atoms with E-state index >= 15 is 0 Å².